The van der Waals surface area contributed by atoms with Crippen LogP contribution in [-0.4, -0.2) is 52.3 Å². The molecule has 0 saturated carbocycles. The van der Waals surface area contributed by atoms with Crippen molar-refractivity contribution in [2.45, 2.75) is 44.3 Å². The average molecular weight is 230 g/mol. The predicted molar refractivity (Wildman–Crippen MR) is 64.5 cm³/mol. The van der Waals surface area contributed by atoms with Crippen LogP contribution in [0.2, 0.25) is 0 Å². The molecule has 0 bridgehead atoms. The van der Waals surface area contributed by atoms with Crippen LogP contribution in [0.5, 0.6) is 0 Å². The molecule has 2 aliphatic heterocycles. The molecule has 0 aromatic rings. The van der Waals surface area contributed by atoms with Crippen LogP contribution in [0.25, 0.3) is 0 Å². The summed E-state index contributed by atoms with van der Waals surface area (Å²) >= 11 is 0. The fourth-order valence-corrected chi connectivity index (χ4v) is 3.91. The lowest BCUT2D eigenvalue weighted by molar-refractivity contribution is 0.323. The van der Waals surface area contributed by atoms with Gasteiger partial charge in [-0.1, -0.05) is 0 Å². The summed E-state index contributed by atoms with van der Waals surface area (Å²) in [6.45, 7) is 3.46. The van der Waals surface area contributed by atoms with Crippen LogP contribution in [0, 0.1) is 0 Å². The normalized spacial score (nSPS) is 43.3. The largest absolute Gasteiger partial charge is 0.310 e. The Morgan fingerprint density at radius 1 is 1.27 bits per heavy atom. The van der Waals surface area contributed by atoms with E-state index in [9.17, 15) is 4.21 Å². The third-order valence-electron chi connectivity index (χ3n) is 3.75. The van der Waals surface area contributed by atoms with Gasteiger partial charge >= 0.3 is 0 Å². The van der Waals surface area contributed by atoms with Crippen molar-refractivity contribution in [3.63, 3.8) is 0 Å². The molecule has 0 radical (unpaired) electrons. The van der Waals surface area contributed by atoms with E-state index in [0.717, 1.165) is 24.3 Å². The summed E-state index contributed by atoms with van der Waals surface area (Å²) in [4.78, 5) is 2.42. The van der Waals surface area contributed by atoms with E-state index in [4.69, 9.17) is 0 Å². The molecule has 0 amide bonds. The highest BCUT2D eigenvalue weighted by molar-refractivity contribution is 7.85. The van der Waals surface area contributed by atoms with Crippen molar-refractivity contribution in [3.05, 3.63) is 0 Å². The molecule has 1 N–H and O–H groups in total. The van der Waals surface area contributed by atoms with E-state index in [1.165, 1.54) is 13.0 Å². The predicted octanol–water partition coefficient (Wildman–Crippen LogP) is 0.580. The maximum absolute atomic E-state index is 11.2. The lowest BCUT2D eigenvalue weighted by atomic mass is 10.1. The van der Waals surface area contributed by atoms with Crippen LogP contribution >= 0.6 is 0 Å². The van der Waals surface area contributed by atoms with Crippen LogP contribution in [0.15, 0.2) is 0 Å². The first kappa shape index (κ1) is 11.6. The second-order valence-electron chi connectivity index (χ2n) is 5.01. The SMILES string of the molecule is CC1CC(NC2CCS(=O)CC2)CN1C. The van der Waals surface area contributed by atoms with Crippen molar-refractivity contribution in [1.29, 1.82) is 0 Å². The zero-order valence-corrected chi connectivity index (χ0v) is 10.6. The first-order chi connectivity index (χ1) is 7.15. The molecule has 0 spiro atoms. The van der Waals surface area contributed by atoms with Gasteiger partial charge in [0.25, 0.3) is 0 Å². The van der Waals surface area contributed by atoms with Crippen LogP contribution in [0.4, 0.5) is 0 Å². The Morgan fingerprint density at radius 3 is 2.47 bits per heavy atom. The molecule has 3 nitrogen and oxygen atoms in total. The van der Waals surface area contributed by atoms with Gasteiger partial charge in [-0.15, -0.1) is 0 Å². The van der Waals surface area contributed by atoms with E-state index in [1.807, 2.05) is 0 Å². The monoisotopic (exact) mass is 230 g/mol. The molecule has 2 rings (SSSR count). The minimum atomic E-state index is -0.528. The Hall–Kier alpha value is 0.0700. The minimum absolute atomic E-state index is 0.528. The van der Waals surface area contributed by atoms with Gasteiger partial charge in [-0.3, -0.25) is 4.21 Å². The molecule has 15 heavy (non-hydrogen) atoms. The number of likely N-dealkylation sites (N-methyl/N-ethyl adjacent to an activating group) is 1. The molecule has 0 aliphatic carbocycles. The topological polar surface area (TPSA) is 32.3 Å². The summed E-state index contributed by atoms with van der Waals surface area (Å²) in [5.41, 5.74) is 0. The van der Waals surface area contributed by atoms with E-state index >= 15 is 0 Å². The highest BCUT2D eigenvalue weighted by Gasteiger charge is 2.28. The first-order valence-corrected chi connectivity index (χ1v) is 7.45. The molecule has 4 heteroatoms. The van der Waals surface area contributed by atoms with Crippen molar-refractivity contribution >= 4 is 10.8 Å². The van der Waals surface area contributed by atoms with Crippen LogP contribution in [-0.2, 0) is 10.8 Å². The number of likely N-dealkylation sites (tertiary alicyclic amines) is 1. The summed E-state index contributed by atoms with van der Waals surface area (Å²) in [5.74, 6) is 1.80. The number of nitrogens with zero attached hydrogens (tertiary/aromatic N) is 1. The van der Waals surface area contributed by atoms with Gasteiger partial charge < -0.3 is 10.2 Å². The van der Waals surface area contributed by atoms with E-state index < -0.39 is 10.8 Å². The standard InChI is InChI=1S/C11H22N2OS/c1-9-7-11(8-13(9)2)12-10-3-5-15(14)6-4-10/h9-12H,3-8H2,1-2H3. The van der Waals surface area contributed by atoms with Gasteiger partial charge in [-0.2, -0.15) is 0 Å². The third-order valence-corrected chi connectivity index (χ3v) is 5.13. The van der Waals surface area contributed by atoms with E-state index in [2.05, 4.69) is 24.2 Å². The molecular weight excluding hydrogens is 208 g/mol. The molecule has 2 fully saturated rings. The molecule has 0 aromatic carbocycles. The fourth-order valence-electron chi connectivity index (χ4n) is 2.61. The summed E-state index contributed by atoms with van der Waals surface area (Å²) in [5, 5.41) is 3.72. The van der Waals surface area contributed by atoms with Gasteiger partial charge in [0.1, 0.15) is 0 Å². The van der Waals surface area contributed by atoms with Crippen molar-refractivity contribution in [3.8, 4) is 0 Å². The van der Waals surface area contributed by atoms with Gasteiger partial charge in [0.2, 0.25) is 0 Å². The highest BCUT2D eigenvalue weighted by Crippen LogP contribution is 2.17. The third kappa shape index (κ3) is 3.02. The maximum Gasteiger partial charge on any atom is 0.0249 e. The summed E-state index contributed by atoms with van der Waals surface area (Å²) < 4.78 is 11.2. The fraction of sp³-hybridized carbons (Fsp3) is 1.00. The molecule has 2 atom stereocenters. The van der Waals surface area contributed by atoms with E-state index in [1.54, 1.807) is 0 Å². The summed E-state index contributed by atoms with van der Waals surface area (Å²) in [7, 11) is 1.67. The van der Waals surface area contributed by atoms with Crippen LogP contribution in [0.1, 0.15) is 26.2 Å². The number of rotatable bonds is 2. The van der Waals surface area contributed by atoms with Crippen molar-refractivity contribution in [2.75, 3.05) is 25.1 Å². The lowest BCUT2D eigenvalue weighted by Gasteiger charge is -2.26. The van der Waals surface area contributed by atoms with Gasteiger partial charge in [0, 0.05) is 47.0 Å². The molecule has 88 valence electrons. The van der Waals surface area contributed by atoms with Crippen molar-refractivity contribution < 1.29 is 4.21 Å². The summed E-state index contributed by atoms with van der Waals surface area (Å²) in [6, 6.07) is 1.98. The van der Waals surface area contributed by atoms with Gasteiger partial charge in [-0.05, 0) is 33.2 Å². The Labute approximate surface area is 95.1 Å². The lowest BCUT2D eigenvalue weighted by Crippen LogP contribution is -2.43. The van der Waals surface area contributed by atoms with Gasteiger partial charge in [-0.25, -0.2) is 0 Å². The average Bonchev–Trinajstić information content (AvgIpc) is 2.50. The minimum Gasteiger partial charge on any atom is -0.310 e. The van der Waals surface area contributed by atoms with Crippen molar-refractivity contribution in [1.82, 2.24) is 10.2 Å². The second kappa shape index (κ2) is 4.93. The number of hydrogen-bond donors (Lipinski definition) is 1. The Morgan fingerprint density at radius 2 is 1.93 bits per heavy atom. The van der Waals surface area contributed by atoms with E-state index in [-0.39, 0.29) is 0 Å². The van der Waals surface area contributed by atoms with Gasteiger partial charge in [0.05, 0.1) is 0 Å². The maximum atomic E-state index is 11.2. The molecule has 2 saturated heterocycles. The smallest absolute Gasteiger partial charge is 0.0249 e. The van der Waals surface area contributed by atoms with E-state index in [0.29, 0.717) is 18.1 Å². The Bertz CT molecular complexity index is 227. The molecule has 0 aromatic heterocycles. The van der Waals surface area contributed by atoms with Gasteiger partial charge in [0.15, 0.2) is 0 Å². The number of nitrogens with one attached hydrogen (secondary N) is 1. The molecule has 2 aliphatic rings. The number of hydrogen-bond acceptors (Lipinski definition) is 3. The summed E-state index contributed by atoms with van der Waals surface area (Å²) in [6.07, 6.45) is 3.46. The molecule has 2 heterocycles. The highest BCUT2D eigenvalue weighted by atomic mass is 32.2. The molecular formula is C11H22N2OS. The first-order valence-electron chi connectivity index (χ1n) is 5.96. The second-order valence-corrected chi connectivity index (χ2v) is 6.71. The van der Waals surface area contributed by atoms with Crippen LogP contribution < -0.4 is 5.32 Å². The molecule has 2 unspecified atom stereocenters. The van der Waals surface area contributed by atoms with Crippen molar-refractivity contribution in [2.24, 2.45) is 0 Å². The Kier molecular flexibility index (Phi) is 3.80. The zero-order valence-electron chi connectivity index (χ0n) is 9.74. The Balaban J connectivity index is 1.76. The van der Waals surface area contributed by atoms with Crippen LogP contribution in [0.3, 0.4) is 0 Å². The zero-order chi connectivity index (χ0) is 10.8. The quantitative estimate of drug-likeness (QED) is 0.753.